The summed E-state index contributed by atoms with van der Waals surface area (Å²) in [5.41, 5.74) is 0.533. The molecule has 1 atom stereocenters. The Morgan fingerprint density at radius 1 is 1.18 bits per heavy atom. The van der Waals surface area contributed by atoms with Crippen LogP contribution in [0.15, 0.2) is 30.3 Å². The molecule has 0 heterocycles. The van der Waals surface area contributed by atoms with E-state index in [1.807, 2.05) is 6.07 Å². The standard InChI is InChI=1S/C17H25NO3S/c1-12(2)21-16(20)14(11-22-17(3,4)5)18-15(19)13-9-7-6-8-10-13/h6-10,12,14H,11H2,1-5H3,(H,18,19). The highest BCUT2D eigenvalue weighted by molar-refractivity contribution is 8.00. The lowest BCUT2D eigenvalue weighted by atomic mass is 10.2. The van der Waals surface area contributed by atoms with Gasteiger partial charge in [-0.05, 0) is 26.0 Å². The zero-order valence-corrected chi connectivity index (χ0v) is 14.7. The largest absolute Gasteiger partial charge is 0.461 e. The monoisotopic (exact) mass is 323 g/mol. The van der Waals surface area contributed by atoms with Crippen molar-refractivity contribution in [3.05, 3.63) is 35.9 Å². The highest BCUT2D eigenvalue weighted by Gasteiger charge is 2.26. The van der Waals surface area contributed by atoms with Crippen molar-refractivity contribution in [3.63, 3.8) is 0 Å². The number of ether oxygens (including phenoxy) is 1. The second-order valence-corrected chi connectivity index (χ2v) is 8.15. The molecular weight excluding hydrogens is 298 g/mol. The second-order valence-electron chi connectivity index (χ2n) is 6.30. The van der Waals surface area contributed by atoms with Crippen LogP contribution in [0.3, 0.4) is 0 Å². The van der Waals surface area contributed by atoms with Crippen LogP contribution in [0.4, 0.5) is 0 Å². The number of carbonyl (C=O) groups excluding carboxylic acids is 2. The number of thioether (sulfide) groups is 1. The fraction of sp³-hybridized carbons (Fsp3) is 0.529. The second kappa shape index (κ2) is 8.22. The van der Waals surface area contributed by atoms with Gasteiger partial charge in [0.2, 0.25) is 0 Å². The third kappa shape index (κ3) is 6.98. The minimum absolute atomic E-state index is 0.00777. The van der Waals surface area contributed by atoms with Crippen LogP contribution >= 0.6 is 11.8 Å². The van der Waals surface area contributed by atoms with E-state index in [0.29, 0.717) is 11.3 Å². The number of rotatable bonds is 6. The predicted octanol–water partition coefficient (Wildman–Crippen LogP) is 3.27. The Kier molecular flexibility index (Phi) is 6.94. The number of hydrogen-bond donors (Lipinski definition) is 1. The van der Waals surface area contributed by atoms with Gasteiger partial charge in [0.1, 0.15) is 6.04 Å². The van der Waals surface area contributed by atoms with E-state index >= 15 is 0 Å². The van der Waals surface area contributed by atoms with Crippen LogP contribution in [0.5, 0.6) is 0 Å². The van der Waals surface area contributed by atoms with Crippen molar-refractivity contribution in [2.75, 3.05) is 5.75 Å². The Morgan fingerprint density at radius 3 is 2.27 bits per heavy atom. The molecule has 1 aromatic carbocycles. The highest BCUT2D eigenvalue weighted by Crippen LogP contribution is 2.24. The summed E-state index contributed by atoms with van der Waals surface area (Å²) in [7, 11) is 0. The van der Waals surface area contributed by atoms with Crippen LogP contribution in [0, 0.1) is 0 Å². The van der Waals surface area contributed by atoms with Gasteiger partial charge in [0.05, 0.1) is 6.10 Å². The molecule has 1 unspecified atom stereocenters. The van der Waals surface area contributed by atoms with Crippen molar-refractivity contribution >= 4 is 23.6 Å². The third-order valence-corrected chi connectivity index (χ3v) is 4.03. The van der Waals surface area contributed by atoms with Gasteiger partial charge in [0.25, 0.3) is 5.91 Å². The smallest absolute Gasteiger partial charge is 0.329 e. The summed E-state index contributed by atoms with van der Waals surface area (Å²) in [6.45, 7) is 9.81. The van der Waals surface area contributed by atoms with E-state index in [0.717, 1.165) is 0 Å². The van der Waals surface area contributed by atoms with Crippen LogP contribution in [0.25, 0.3) is 0 Å². The molecule has 0 bridgehead atoms. The molecule has 0 spiro atoms. The van der Waals surface area contributed by atoms with Crippen molar-refractivity contribution in [2.45, 2.75) is 51.5 Å². The Hall–Kier alpha value is -1.49. The van der Waals surface area contributed by atoms with E-state index in [1.165, 1.54) is 0 Å². The molecule has 0 fully saturated rings. The molecule has 1 aromatic rings. The van der Waals surface area contributed by atoms with Crippen LogP contribution in [-0.4, -0.2) is 34.5 Å². The summed E-state index contributed by atoms with van der Waals surface area (Å²) in [6.07, 6.45) is -0.205. The average Bonchev–Trinajstić information content (AvgIpc) is 2.42. The number of amides is 1. The number of benzene rings is 1. The van der Waals surface area contributed by atoms with Gasteiger partial charge >= 0.3 is 5.97 Å². The van der Waals surface area contributed by atoms with E-state index < -0.39 is 12.0 Å². The quantitative estimate of drug-likeness (QED) is 0.816. The topological polar surface area (TPSA) is 55.4 Å². The fourth-order valence-electron chi connectivity index (χ4n) is 1.65. The summed E-state index contributed by atoms with van der Waals surface area (Å²) in [5.74, 6) is -0.176. The molecule has 0 aliphatic carbocycles. The Labute approximate surface area is 137 Å². The number of hydrogen-bond acceptors (Lipinski definition) is 4. The zero-order chi connectivity index (χ0) is 16.8. The normalized spacial score (nSPS) is 12.8. The molecule has 0 aliphatic rings. The molecule has 22 heavy (non-hydrogen) atoms. The van der Waals surface area contributed by atoms with E-state index in [4.69, 9.17) is 4.74 Å². The SMILES string of the molecule is CC(C)OC(=O)C(CSC(C)(C)C)NC(=O)c1ccccc1. The van der Waals surface area contributed by atoms with Gasteiger partial charge in [0.15, 0.2) is 0 Å². The van der Waals surface area contributed by atoms with E-state index in [1.54, 1.807) is 49.9 Å². The van der Waals surface area contributed by atoms with Gasteiger partial charge < -0.3 is 10.1 Å². The Balaban J connectivity index is 2.76. The fourth-order valence-corrected chi connectivity index (χ4v) is 2.53. The molecule has 0 aliphatic heterocycles. The molecule has 0 radical (unpaired) electrons. The maximum Gasteiger partial charge on any atom is 0.329 e. The molecule has 0 saturated heterocycles. The lowest BCUT2D eigenvalue weighted by molar-refractivity contribution is -0.149. The maximum atomic E-state index is 12.2. The van der Waals surface area contributed by atoms with Gasteiger partial charge in [-0.25, -0.2) is 4.79 Å². The van der Waals surface area contributed by atoms with E-state index in [-0.39, 0.29) is 16.8 Å². The van der Waals surface area contributed by atoms with Gasteiger partial charge in [-0.3, -0.25) is 4.79 Å². The number of carbonyl (C=O) groups is 2. The van der Waals surface area contributed by atoms with Crippen molar-refractivity contribution in [3.8, 4) is 0 Å². The minimum Gasteiger partial charge on any atom is -0.461 e. The molecule has 122 valence electrons. The molecule has 4 nitrogen and oxygen atoms in total. The molecular formula is C17H25NO3S. The average molecular weight is 323 g/mol. The molecule has 5 heteroatoms. The summed E-state index contributed by atoms with van der Waals surface area (Å²) in [5, 5.41) is 2.78. The van der Waals surface area contributed by atoms with Crippen molar-refractivity contribution in [1.29, 1.82) is 0 Å². The summed E-state index contributed by atoms with van der Waals surface area (Å²) >= 11 is 1.62. The Bertz CT molecular complexity index is 494. The zero-order valence-electron chi connectivity index (χ0n) is 13.9. The Morgan fingerprint density at radius 2 is 1.77 bits per heavy atom. The third-order valence-electron chi connectivity index (χ3n) is 2.66. The van der Waals surface area contributed by atoms with Crippen LogP contribution < -0.4 is 5.32 Å². The van der Waals surface area contributed by atoms with Gasteiger partial charge in [-0.2, -0.15) is 11.8 Å². The first-order chi connectivity index (χ1) is 10.2. The summed E-state index contributed by atoms with van der Waals surface area (Å²) in [6, 6.07) is 8.21. The van der Waals surface area contributed by atoms with Gasteiger partial charge in [0, 0.05) is 16.1 Å². The van der Waals surface area contributed by atoms with E-state index in [2.05, 4.69) is 26.1 Å². The van der Waals surface area contributed by atoms with Crippen LogP contribution in [-0.2, 0) is 9.53 Å². The molecule has 1 N–H and O–H groups in total. The first kappa shape index (κ1) is 18.6. The first-order valence-electron chi connectivity index (χ1n) is 7.39. The lowest BCUT2D eigenvalue weighted by Gasteiger charge is -2.23. The first-order valence-corrected chi connectivity index (χ1v) is 8.38. The lowest BCUT2D eigenvalue weighted by Crippen LogP contribution is -2.45. The summed E-state index contributed by atoms with van der Waals surface area (Å²) in [4.78, 5) is 24.4. The molecule has 1 rings (SSSR count). The highest BCUT2D eigenvalue weighted by atomic mass is 32.2. The van der Waals surface area contributed by atoms with Crippen molar-refractivity contribution < 1.29 is 14.3 Å². The van der Waals surface area contributed by atoms with Crippen molar-refractivity contribution in [1.82, 2.24) is 5.32 Å². The van der Waals surface area contributed by atoms with E-state index in [9.17, 15) is 9.59 Å². The minimum atomic E-state index is -0.653. The molecule has 1 amide bonds. The van der Waals surface area contributed by atoms with Gasteiger partial charge in [-0.1, -0.05) is 39.0 Å². The van der Waals surface area contributed by atoms with Crippen LogP contribution in [0.1, 0.15) is 45.0 Å². The van der Waals surface area contributed by atoms with Gasteiger partial charge in [-0.15, -0.1) is 0 Å². The summed E-state index contributed by atoms with van der Waals surface area (Å²) < 4.78 is 5.26. The molecule has 0 saturated carbocycles. The maximum absolute atomic E-state index is 12.2. The van der Waals surface area contributed by atoms with Crippen molar-refractivity contribution in [2.24, 2.45) is 0 Å². The predicted molar refractivity (Wildman–Crippen MR) is 91.1 cm³/mol. The van der Waals surface area contributed by atoms with Crippen LogP contribution in [0.2, 0.25) is 0 Å². The molecule has 0 aromatic heterocycles. The number of esters is 1. The number of nitrogens with one attached hydrogen (secondary N) is 1.